The maximum absolute atomic E-state index is 13.4. The van der Waals surface area contributed by atoms with Gasteiger partial charge in [-0.15, -0.1) is 0 Å². The molecule has 3 heterocycles. The Morgan fingerprint density at radius 2 is 1.93 bits per heavy atom. The van der Waals surface area contributed by atoms with E-state index in [1.165, 1.54) is 12.3 Å². The van der Waals surface area contributed by atoms with Gasteiger partial charge in [-0.05, 0) is 30.9 Å². The number of hydrogen-bond acceptors (Lipinski definition) is 5. The number of hydrogen-bond donors (Lipinski definition) is 0. The molecule has 6 nitrogen and oxygen atoms in total. The second-order valence-corrected chi connectivity index (χ2v) is 8.34. The highest BCUT2D eigenvalue weighted by atomic mass is 19.4. The molecule has 164 valence electrons. The average Bonchev–Trinajstić information content (AvgIpc) is 2.73. The third kappa shape index (κ3) is 4.86. The van der Waals surface area contributed by atoms with Crippen molar-refractivity contribution in [2.24, 2.45) is 11.8 Å². The normalized spacial score (nSPS) is 22.1. The Balaban J connectivity index is 1.65. The van der Waals surface area contributed by atoms with Crippen LogP contribution < -0.4 is 4.90 Å². The van der Waals surface area contributed by atoms with Crippen LogP contribution in [-0.4, -0.2) is 66.0 Å². The summed E-state index contributed by atoms with van der Waals surface area (Å²) in [5.41, 5.74) is -0.761. The van der Waals surface area contributed by atoms with Gasteiger partial charge in [0.05, 0.1) is 17.6 Å². The molecular weight excluding hydrogens is 395 g/mol. The molecule has 3 rings (SSSR count). The zero-order valence-electron chi connectivity index (χ0n) is 17.4. The summed E-state index contributed by atoms with van der Waals surface area (Å²) in [6.45, 7) is 7.06. The van der Waals surface area contributed by atoms with E-state index in [1.807, 2.05) is 13.8 Å². The van der Waals surface area contributed by atoms with Crippen molar-refractivity contribution in [2.45, 2.75) is 38.9 Å². The molecule has 30 heavy (non-hydrogen) atoms. The minimum atomic E-state index is -4.48. The van der Waals surface area contributed by atoms with Crippen LogP contribution in [-0.2, 0) is 11.0 Å². The van der Waals surface area contributed by atoms with Gasteiger partial charge >= 0.3 is 6.18 Å². The second-order valence-electron chi connectivity index (χ2n) is 8.34. The number of nitriles is 1. The molecule has 1 amide bonds. The molecule has 0 aliphatic carbocycles. The first-order valence-electron chi connectivity index (χ1n) is 10.4. The SMILES string of the molecule is CC(C)C(C#N)N1CCN(C(=O)C2CCCN(c3ncccc3C(F)(F)F)C2)CC1. The number of halogens is 3. The minimum Gasteiger partial charge on any atom is -0.355 e. The van der Waals surface area contributed by atoms with Crippen LogP contribution in [0.2, 0.25) is 0 Å². The summed E-state index contributed by atoms with van der Waals surface area (Å²) in [4.78, 5) is 22.5. The van der Waals surface area contributed by atoms with Gasteiger partial charge in [-0.1, -0.05) is 13.8 Å². The quantitative estimate of drug-likeness (QED) is 0.745. The topological polar surface area (TPSA) is 63.5 Å². The Labute approximate surface area is 175 Å². The van der Waals surface area contributed by atoms with Crippen LogP contribution in [0.15, 0.2) is 18.3 Å². The number of rotatable bonds is 4. The third-order valence-corrected chi connectivity index (χ3v) is 5.95. The number of carbonyl (C=O) groups excluding carboxylic acids is 1. The van der Waals surface area contributed by atoms with Crippen molar-refractivity contribution in [3.63, 3.8) is 0 Å². The van der Waals surface area contributed by atoms with Crippen molar-refractivity contribution in [1.82, 2.24) is 14.8 Å². The Morgan fingerprint density at radius 1 is 1.23 bits per heavy atom. The van der Waals surface area contributed by atoms with Crippen molar-refractivity contribution in [3.8, 4) is 6.07 Å². The number of carbonyl (C=O) groups is 1. The first-order chi connectivity index (χ1) is 14.2. The van der Waals surface area contributed by atoms with Crippen LogP contribution in [0.1, 0.15) is 32.3 Å². The number of alkyl halides is 3. The van der Waals surface area contributed by atoms with Gasteiger partial charge in [-0.3, -0.25) is 9.69 Å². The highest BCUT2D eigenvalue weighted by Crippen LogP contribution is 2.36. The lowest BCUT2D eigenvalue weighted by Crippen LogP contribution is -2.55. The van der Waals surface area contributed by atoms with Gasteiger partial charge in [0.2, 0.25) is 5.91 Å². The zero-order valence-corrected chi connectivity index (χ0v) is 17.4. The maximum Gasteiger partial charge on any atom is 0.419 e. The minimum absolute atomic E-state index is 0.0121. The molecule has 2 unspecified atom stereocenters. The molecule has 1 aromatic rings. The summed E-state index contributed by atoms with van der Waals surface area (Å²) in [6.07, 6.45) is -1.81. The number of piperidine rings is 1. The smallest absolute Gasteiger partial charge is 0.355 e. The second kappa shape index (κ2) is 9.21. The molecule has 2 aliphatic heterocycles. The van der Waals surface area contributed by atoms with Crippen LogP contribution in [0.3, 0.4) is 0 Å². The maximum atomic E-state index is 13.4. The van der Waals surface area contributed by atoms with Gasteiger partial charge in [-0.25, -0.2) is 4.98 Å². The highest BCUT2D eigenvalue weighted by molar-refractivity contribution is 5.80. The first-order valence-corrected chi connectivity index (χ1v) is 10.4. The van der Waals surface area contributed by atoms with Gasteiger partial charge in [0.15, 0.2) is 0 Å². The summed E-state index contributed by atoms with van der Waals surface area (Å²) < 4.78 is 40.1. The van der Waals surface area contributed by atoms with Gasteiger partial charge < -0.3 is 9.80 Å². The summed E-state index contributed by atoms with van der Waals surface area (Å²) in [5, 5.41) is 9.38. The van der Waals surface area contributed by atoms with Gasteiger partial charge in [0, 0.05) is 45.5 Å². The molecule has 0 radical (unpaired) electrons. The van der Waals surface area contributed by atoms with E-state index in [-0.39, 0.29) is 36.1 Å². The van der Waals surface area contributed by atoms with Gasteiger partial charge in [0.25, 0.3) is 0 Å². The summed E-state index contributed by atoms with van der Waals surface area (Å²) >= 11 is 0. The number of nitrogens with zero attached hydrogens (tertiary/aromatic N) is 5. The van der Waals surface area contributed by atoms with Crippen LogP contribution in [0.25, 0.3) is 0 Å². The number of aromatic nitrogens is 1. The molecule has 2 atom stereocenters. The Hall–Kier alpha value is -2.34. The number of anilines is 1. The molecule has 9 heteroatoms. The van der Waals surface area contributed by atoms with Gasteiger partial charge in [-0.2, -0.15) is 18.4 Å². The van der Waals surface area contributed by atoms with Crippen LogP contribution >= 0.6 is 0 Å². The fourth-order valence-corrected chi connectivity index (χ4v) is 4.37. The molecule has 2 saturated heterocycles. The first kappa shape index (κ1) is 22.3. The lowest BCUT2D eigenvalue weighted by Gasteiger charge is -2.41. The van der Waals surface area contributed by atoms with Crippen molar-refractivity contribution < 1.29 is 18.0 Å². The fraction of sp³-hybridized carbons (Fsp3) is 0.667. The third-order valence-electron chi connectivity index (χ3n) is 5.95. The van der Waals surface area contributed by atoms with Crippen LogP contribution in [0, 0.1) is 23.2 Å². The van der Waals surface area contributed by atoms with E-state index in [2.05, 4.69) is 16.0 Å². The van der Waals surface area contributed by atoms with E-state index in [4.69, 9.17) is 0 Å². The predicted molar refractivity (Wildman–Crippen MR) is 107 cm³/mol. The number of piperazine rings is 1. The Morgan fingerprint density at radius 3 is 2.53 bits per heavy atom. The molecule has 2 fully saturated rings. The zero-order chi connectivity index (χ0) is 21.9. The molecule has 0 saturated carbocycles. The number of amides is 1. The molecule has 1 aromatic heterocycles. The molecule has 0 aromatic carbocycles. The molecule has 2 aliphatic rings. The van der Waals surface area contributed by atoms with Gasteiger partial charge in [0.1, 0.15) is 11.9 Å². The lowest BCUT2D eigenvalue weighted by molar-refractivity contribution is -0.137. The average molecular weight is 423 g/mol. The van der Waals surface area contributed by atoms with E-state index in [0.717, 1.165) is 6.07 Å². The monoisotopic (exact) mass is 423 g/mol. The van der Waals surface area contributed by atoms with E-state index in [9.17, 15) is 23.2 Å². The van der Waals surface area contributed by atoms with Crippen molar-refractivity contribution in [2.75, 3.05) is 44.2 Å². The van der Waals surface area contributed by atoms with Crippen molar-refractivity contribution in [1.29, 1.82) is 5.26 Å². The fourth-order valence-electron chi connectivity index (χ4n) is 4.37. The molecular formula is C21H28F3N5O. The largest absolute Gasteiger partial charge is 0.419 e. The van der Waals surface area contributed by atoms with E-state index in [1.54, 1.807) is 9.80 Å². The molecule has 0 bridgehead atoms. The Kier molecular flexibility index (Phi) is 6.86. The van der Waals surface area contributed by atoms with Crippen molar-refractivity contribution in [3.05, 3.63) is 23.9 Å². The van der Waals surface area contributed by atoms with E-state index >= 15 is 0 Å². The number of pyridine rings is 1. The molecule has 0 N–H and O–H groups in total. The summed E-state index contributed by atoms with van der Waals surface area (Å²) in [5.74, 6) is -0.237. The van der Waals surface area contributed by atoms with E-state index < -0.39 is 11.7 Å². The summed E-state index contributed by atoms with van der Waals surface area (Å²) in [7, 11) is 0. The summed E-state index contributed by atoms with van der Waals surface area (Å²) in [6, 6.07) is 4.48. The van der Waals surface area contributed by atoms with Crippen molar-refractivity contribution >= 4 is 11.7 Å². The Bertz CT molecular complexity index is 784. The lowest BCUT2D eigenvalue weighted by atomic mass is 9.95. The van der Waals surface area contributed by atoms with Crippen LogP contribution in [0.4, 0.5) is 19.0 Å². The standard InChI is InChI=1S/C21H28F3N5O/c1-15(2)18(13-25)27-9-11-28(12-10-27)20(30)16-5-4-8-29(14-16)19-17(21(22,23)24)6-3-7-26-19/h3,6-7,15-16,18H,4-5,8-12,14H2,1-2H3. The van der Waals surface area contributed by atoms with Crippen LogP contribution in [0.5, 0.6) is 0 Å². The highest BCUT2D eigenvalue weighted by Gasteiger charge is 2.38. The molecule has 0 spiro atoms. The van der Waals surface area contributed by atoms with E-state index in [0.29, 0.717) is 45.6 Å². The predicted octanol–water partition coefficient (Wildman–Crippen LogP) is 3.01.